The molecular formula is C16H12F2N4OS. The molecule has 24 heavy (non-hydrogen) atoms. The molecule has 0 aliphatic heterocycles. The van der Waals surface area contributed by atoms with Crippen molar-refractivity contribution < 1.29 is 13.6 Å². The maximum absolute atomic E-state index is 13.3. The summed E-state index contributed by atoms with van der Waals surface area (Å²) in [6.07, 6.45) is 0. The normalized spacial score (nSPS) is 12.1. The van der Waals surface area contributed by atoms with Gasteiger partial charge in [0.25, 0.3) is 0 Å². The van der Waals surface area contributed by atoms with Gasteiger partial charge in [-0.1, -0.05) is 30.0 Å². The fourth-order valence-corrected chi connectivity index (χ4v) is 2.96. The highest BCUT2D eigenvalue weighted by Crippen LogP contribution is 2.25. The van der Waals surface area contributed by atoms with Crippen molar-refractivity contribution >= 4 is 17.5 Å². The minimum absolute atomic E-state index is 0.104. The molecule has 0 fully saturated rings. The Labute approximate surface area is 140 Å². The lowest BCUT2D eigenvalue weighted by Gasteiger charge is -2.10. The van der Waals surface area contributed by atoms with Gasteiger partial charge in [-0.2, -0.15) is 4.68 Å². The van der Waals surface area contributed by atoms with Crippen LogP contribution in [0.3, 0.4) is 0 Å². The van der Waals surface area contributed by atoms with E-state index in [2.05, 4.69) is 15.5 Å². The summed E-state index contributed by atoms with van der Waals surface area (Å²) in [5, 5.41) is 11.3. The fraction of sp³-hybridized carbons (Fsp3) is 0.125. The number of para-hydroxylation sites is 1. The highest BCUT2D eigenvalue weighted by molar-refractivity contribution is 8.00. The number of nitrogens with zero attached hydrogens (tertiary/aromatic N) is 4. The molecule has 0 radical (unpaired) electrons. The standard InChI is InChI=1S/C16H12F2N4OS/c1-10(15(23)11-7-8-13(17)14(18)9-11)24-16-19-20-21-22(16)12-5-3-2-4-6-12/h2-10H,1H3/t10-/m0/s1. The molecule has 2 aromatic carbocycles. The molecule has 0 bridgehead atoms. The highest BCUT2D eigenvalue weighted by Gasteiger charge is 2.21. The zero-order valence-corrected chi connectivity index (χ0v) is 13.4. The van der Waals surface area contributed by atoms with Gasteiger partial charge in [-0.25, -0.2) is 8.78 Å². The topological polar surface area (TPSA) is 60.7 Å². The van der Waals surface area contributed by atoms with E-state index in [0.29, 0.717) is 5.16 Å². The number of aromatic nitrogens is 4. The zero-order chi connectivity index (χ0) is 17.1. The third kappa shape index (κ3) is 3.33. The summed E-state index contributed by atoms with van der Waals surface area (Å²) in [5.74, 6) is -2.37. The summed E-state index contributed by atoms with van der Waals surface area (Å²) in [7, 11) is 0. The quantitative estimate of drug-likeness (QED) is 0.524. The minimum atomic E-state index is -1.05. The Balaban J connectivity index is 1.80. The van der Waals surface area contributed by atoms with Gasteiger partial charge < -0.3 is 0 Å². The molecule has 3 aromatic rings. The van der Waals surface area contributed by atoms with Gasteiger partial charge in [0.05, 0.1) is 10.9 Å². The van der Waals surface area contributed by atoms with Crippen LogP contribution < -0.4 is 0 Å². The molecule has 5 nitrogen and oxygen atoms in total. The molecule has 0 aliphatic rings. The Kier molecular flexibility index (Phi) is 4.66. The Morgan fingerprint density at radius 3 is 2.58 bits per heavy atom. The Hall–Kier alpha value is -2.61. The number of tetrazole rings is 1. The monoisotopic (exact) mass is 346 g/mol. The maximum atomic E-state index is 13.3. The molecule has 8 heteroatoms. The lowest BCUT2D eigenvalue weighted by molar-refractivity contribution is 0.0993. The van der Waals surface area contributed by atoms with Crippen molar-refractivity contribution in [1.29, 1.82) is 0 Å². The van der Waals surface area contributed by atoms with Crippen molar-refractivity contribution in [1.82, 2.24) is 20.2 Å². The van der Waals surface area contributed by atoms with Crippen LogP contribution in [0.2, 0.25) is 0 Å². The van der Waals surface area contributed by atoms with Gasteiger partial charge in [-0.15, -0.1) is 5.10 Å². The van der Waals surface area contributed by atoms with Crippen molar-refractivity contribution in [3.63, 3.8) is 0 Å². The van der Waals surface area contributed by atoms with E-state index in [0.717, 1.165) is 29.6 Å². The number of hydrogen-bond acceptors (Lipinski definition) is 5. The van der Waals surface area contributed by atoms with E-state index in [4.69, 9.17) is 0 Å². The van der Waals surface area contributed by atoms with Crippen LogP contribution in [-0.2, 0) is 0 Å². The number of carbonyl (C=O) groups is 1. The molecule has 1 aromatic heterocycles. The summed E-state index contributed by atoms with van der Waals surface area (Å²) in [5.41, 5.74) is 0.866. The third-order valence-corrected chi connectivity index (χ3v) is 4.33. The molecule has 122 valence electrons. The second-order valence-corrected chi connectivity index (χ2v) is 6.27. The Bertz CT molecular complexity index is 870. The predicted molar refractivity (Wildman–Crippen MR) is 85.2 cm³/mol. The Morgan fingerprint density at radius 2 is 1.88 bits per heavy atom. The smallest absolute Gasteiger partial charge is 0.214 e. The van der Waals surface area contributed by atoms with Crippen LogP contribution in [0.5, 0.6) is 0 Å². The van der Waals surface area contributed by atoms with E-state index in [1.807, 2.05) is 30.3 Å². The minimum Gasteiger partial charge on any atom is -0.293 e. The first-order chi connectivity index (χ1) is 11.6. The van der Waals surface area contributed by atoms with Crippen molar-refractivity contribution in [2.24, 2.45) is 0 Å². The number of thioether (sulfide) groups is 1. The van der Waals surface area contributed by atoms with E-state index >= 15 is 0 Å². The second kappa shape index (κ2) is 6.88. The molecule has 3 rings (SSSR count). The summed E-state index contributed by atoms with van der Waals surface area (Å²) in [4.78, 5) is 12.4. The molecule has 0 saturated carbocycles. The number of Topliss-reactive ketones (excluding diaryl/α,β-unsaturated/α-hetero) is 1. The third-order valence-electron chi connectivity index (χ3n) is 3.30. The van der Waals surface area contributed by atoms with Crippen molar-refractivity contribution in [2.75, 3.05) is 0 Å². The summed E-state index contributed by atoms with van der Waals surface area (Å²) >= 11 is 1.15. The second-order valence-electron chi connectivity index (χ2n) is 4.96. The van der Waals surface area contributed by atoms with Gasteiger partial charge in [0.2, 0.25) is 5.16 Å². The number of rotatable bonds is 5. The van der Waals surface area contributed by atoms with Crippen LogP contribution in [0.25, 0.3) is 5.69 Å². The fourth-order valence-electron chi connectivity index (χ4n) is 2.08. The molecule has 0 aliphatic carbocycles. The zero-order valence-electron chi connectivity index (χ0n) is 12.6. The number of hydrogen-bond donors (Lipinski definition) is 0. The van der Waals surface area contributed by atoms with E-state index in [1.165, 1.54) is 10.7 Å². The number of halogens is 2. The van der Waals surface area contributed by atoms with Crippen LogP contribution >= 0.6 is 11.8 Å². The maximum Gasteiger partial charge on any atom is 0.214 e. The lowest BCUT2D eigenvalue weighted by Crippen LogP contribution is -2.15. The lowest BCUT2D eigenvalue weighted by atomic mass is 10.1. The van der Waals surface area contributed by atoms with Gasteiger partial charge in [0, 0.05) is 5.56 Å². The molecule has 0 spiro atoms. The average Bonchev–Trinajstić information content (AvgIpc) is 3.05. The van der Waals surface area contributed by atoms with Crippen molar-refractivity contribution in [3.05, 3.63) is 65.7 Å². The summed E-state index contributed by atoms with van der Waals surface area (Å²) in [6.45, 7) is 1.66. The Morgan fingerprint density at radius 1 is 1.12 bits per heavy atom. The molecular weight excluding hydrogens is 334 g/mol. The van der Waals surface area contributed by atoms with E-state index in [1.54, 1.807) is 6.92 Å². The average molecular weight is 346 g/mol. The first-order valence-corrected chi connectivity index (χ1v) is 7.94. The largest absolute Gasteiger partial charge is 0.293 e. The molecule has 0 N–H and O–H groups in total. The van der Waals surface area contributed by atoms with Crippen LogP contribution in [-0.4, -0.2) is 31.2 Å². The van der Waals surface area contributed by atoms with Gasteiger partial charge in [-0.05, 0) is 47.7 Å². The summed E-state index contributed by atoms with van der Waals surface area (Å²) < 4.78 is 27.8. The number of benzene rings is 2. The van der Waals surface area contributed by atoms with Crippen LogP contribution in [0.4, 0.5) is 8.78 Å². The molecule has 0 amide bonds. The van der Waals surface area contributed by atoms with Crippen LogP contribution in [0.1, 0.15) is 17.3 Å². The van der Waals surface area contributed by atoms with Crippen LogP contribution in [0, 0.1) is 11.6 Å². The van der Waals surface area contributed by atoms with Crippen molar-refractivity contribution in [3.8, 4) is 5.69 Å². The first kappa shape index (κ1) is 16.3. The SMILES string of the molecule is C[C@H](Sc1nnnn1-c1ccccc1)C(=O)c1ccc(F)c(F)c1. The van der Waals surface area contributed by atoms with E-state index < -0.39 is 16.9 Å². The highest BCUT2D eigenvalue weighted by atomic mass is 32.2. The van der Waals surface area contributed by atoms with E-state index in [9.17, 15) is 13.6 Å². The molecule has 1 atom stereocenters. The predicted octanol–water partition coefficient (Wildman–Crippen LogP) is 3.30. The number of carbonyl (C=O) groups excluding carboxylic acids is 1. The van der Waals surface area contributed by atoms with E-state index in [-0.39, 0.29) is 11.3 Å². The first-order valence-electron chi connectivity index (χ1n) is 7.06. The summed E-state index contributed by atoms with van der Waals surface area (Å²) in [6, 6.07) is 12.3. The molecule has 0 saturated heterocycles. The van der Waals surface area contributed by atoms with Gasteiger partial charge in [0.1, 0.15) is 0 Å². The van der Waals surface area contributed by atoms with Crippen LogP contribution in [0.15, 0.2) is 53.7 Å². The molecule has 1 heterocycles. The van der Waals surface area contributed by atoms with Gasteiger partial charge in [-0.3, -0.25) is 4.79 Å². The number of ketones is 1. The van der Waals surface area contributed by atoms with Crippen molar-refractivity contribution in [2.45, 2.75) is 17.3 Å². The van der Waals surface area contributed by atoms with Gasteiger partial charge in [0.15, 0.2) is 17.4 Å². The van der Waals surface area contributed by atoms with Gasteiger partial charge >= 0.3 is 0 Å². The molecule has 0 unspecified atom stereocenters.